The summed E-state index contributed by atoms with van der Waals surface area (Å²) in [5.74, 6) is 0.332. The van der Waals surface area contributed by atoms with Gasteiger partial charge < -0.3 is 5.11 Å². The van der Waals surface area contributed by atoms with Crippen LogP contribution < -0.4 is 4.48 Å². The quantitative estimate of drug-likeness (QED) is 0.685. The van der Waals surface area contributed by atoms with Crippen molar-refractivity contribution in [2.45, 2.75) is 19.9 Å². The zero-order valence-corrected chi connectivity index (χ0v) is 15.2. The van der Waals surface area contributed by atoms with Crippen LogP contribution >= 0.6 is 0 Å². The minimum Gasteiger partial charge on any atom is -0.508 e. The first kappa shape index (κ1) is 17.9. The van der Waals surface area contributed by atoms with E-state index in [4.69, 9.17) is 0 Å². The second-order valence-electron chi connectivity index (χ2n) is 6.91. The lowest BCUT2D eigenvalue weighted by Gasteiger charge is -2.32. The number of carbonyl (C=O) groups excluding carboxylic acids is 1. The third kappa shape index (κ3) is 4.01. The molecule has 3 aromatic rings. The molecule has 1 amide bonds. The van der Waals surface area contributed by atoms with Gasteiger partial charge in [0, 0.05) is 11.6 Å². The Kier molecular flexibility index (Phi) is 5.19. The maximum absolute atomic E-state index is 13.3. The molecule has 0 fully saturated rings. The number of hydrogen-bond acceptors (Lipinski definition) is 2. The van der Waals surface area contributed by atoms with Crippen molar-refractivity contribution in [2.24, 2.45) is 0 Å². The molecule has 0 aliphatic heterocycles. The number of benzene rings is 3. The first-order chi connectivity index (χ1) is 12.5. The molecule has 0 heterocycles. The molecule has 3 nitrogen and oxygen atoms in total. The molecule has 3 heteroatoms. The summed E-state index contributed by atoms with van der Waals surface area (Å²) in [6, 6.07) is 25.0. The Morgan fingerprint density at radius 1 is 0.885 bits per heavy atom. The van der Waals surface area contributed by atoms with Crippen molar-refractivity contribution in [2.75, 3.05) is 7.05 Å². The van der Waals surface area contributed by atoms with E-state index in [9.17, 15) is 9.90 Å². The van der Waals surface area contributed by atoms with Gasteiger partial charge in [-0.05, 0) is 36.2 Å². The van der Waals surface area contributed by atoms with Gasteiger partial charge in [0.2, 0.25) is 0 Å². The van der Waals surface area contributed by atoms with E-state index in [-0.39, 0.29) is 16.1 Å². The standard InChI is InChI=1S/C23H23NO2/c1-18-8-6-12-21(14-18)24(2,17-20-11-7-13-22(25)15-20)23(26)16-19-9-4-3-5-10-19/h3-15H,16-17H2,1-2H3/p+1. The molecule has 1 unspecified atom stereocenters. The molecule has 3 aromatic carbocycles. The first-order valence-corrected chi connectivity index (χ1v) is 8.75. The number of phenols is 1. The van der Waals surface area contributed by atoms with Crippen LogP contribution in [0.3, 0.4) is 0 Å². The Hall–Kier alpha value is -2.91. The maximum atomic E-state index is 13.3. The number of phenolic OH excluding ortho intramolecular Hbond substituents is 1. The highest BCUT2D eigenvalue weighted by Gasteiger charge is 2.34. The largest absolute Gasteiger partial charge is 0.508 e. The summed E-state index contributed by atoms with van der Waals surface area (Å²) in [6.45, 7) is 2.52. The number of carbonyl (C=O) groups is 1. The van der Waals surface area contributed by atoms with E-state index in [0.29, 0.717) is 13.0 Å². The zero-order valence-electron chi connectivity index (χ0n) is 15.2. The predicted molar refractivity (Wildman–Crippen MR) is 106 cm³/mol. The minimum absolute atomic E-state index is 0.116. The summed E-state index contributed by atoms with van der Waals surface area (Å²) in [4.78, 5) is 13.3. The second kappa shape index (κ2) is 7.54. The van der Waals surface area contributed by atoms with Crippen LogP contribution in [0, 0.1) is 6.92 Å². The normalized spacial score (nSPS) is 13.2. The lowest BCUT2D eigenvalue weighted by Crippen LogP contribution is -2.50. The van der Waals surface area contributed by atoms with Gasteiger partial charge in [0.1, 0.15) is 18.0 Å². The molecule has 0 aliphatic rings. The number of aromatic hydroxyl groups is 1. The first-order valence-electron chi connectivity index (χ1n) is 8.75. The number of amides is 1. The van der Waals surface area contributed by atoms with E-state index in [2.05, 4.69) is 6.07 Å². The molecule has 0 aliphatic carbocycles. The molecule has 3 rings (SSSR count). The van der Waals surface area contributed by atoms with Crippen molar-refractivity contribution >= 4 is 11.6 Å². The van der Waals surface area contributed by atoms with Crippen molar-refractivity contribution in [3.8, 4) is 5.75 Å². The van der Waals surface area contributed by atoms with Crippen LogP contribution in [0.5, 0.6) is 5.75 Å². The van der Waals surface area contributed by atoms with E-state index < -0.39 is 0 Å². The third-order valence-corrected chi connectivity index (χ3v) is 4.73. The molecular weight excluding hydrogens is 322 g/mol. The smallest absolute Gasteiger partial charge is 0.323 e. The SMILES string of the molecule is Cc1cccc([N+](C)(Cc2cccc(O)c2)C(=O)Cc2ccccc2)c1. The minimum atomic E-state index is 0.116. The number of hydrogen-bond donors (Lipinski definition) is 1. The van der Waals surface area contributed by atoms with Crippen molar-refractivity contribution in [1.82, 2.24) is 4.48 Å². The van der Waals surface area contributed by atoms with Crippen molar-refractivity contribution in [3.05, 3.63) is 95.6 Å². The average Bonchev–Trinajstić information content (AvgIpc) is 2.62. The van der Waals surface area contributed by atoms with Gasteiger partial charge in [-0.2, -0.15) is 0 Å². The Labute approximate surface area is 154 Å². The predicted octanol–water partition coefficient (Wildman–Crippen LogP) is 4.61. The Bertz CT molecular complexity index is 905. The van der Waals surface area contributed by atoms with Gasteiger partial charge in [-0.1, -0.05) is 54.6 Å². The van der Waals surface area contributed by atoms with Crippen molar-refractivity contribution in [1.29, 1.82) is 0 Å². The topological polar surface area (TPSA) is 37.3 Å². The number of rotatable bonds is 5. The van der Waals surface area contributed by atoms with Gasteiger partial charge in [-0.25, -0.2) is 9.28 Å². The fourth-order valence-corrected chi connectivity index (χ4v) is 3.22. The summed E-state index contributed by atoms with van der Waals surface area (Å²) in [5.41, 5.74) is 4.00. The summed E-state index contributed by atoms with van der Waals surface area (Å²) in [6.07, 6.45) is 0.365. The molecule has 0 saturated heterocycles. The molecule has 0 aromatic heterocycles. The maximum Gasteiger partial charge on any atom is 0.323 e. The van der Waals surface area contributed by atoms with Crippen LogP contribution in [-0.4, -0.2) is 18.1 Å². The van der Waals surface area contributed by atoms with E-state index in [1.54, 1.807) is 12.1 Å². The Balaban J connectivity index is 1.99. The van der Waals surface area contributed by atoms with Crippen molar-refractivity contribution in [3.63, 3.8) is 0 Å². The summed E-state index contributed by atoms with van der Waals surface area (Å²) >= 11 is 0. The third-order valence-electron chi connectivity index (χ3n) is 4.73. The van der Waals surface area contributed by atoms with Crippen LogP contribution in [0.1, 0.15) is 16.7 Å². The lowest BCUT2D eigenvalue weighted by molar-refractivity contribution is -0.129. The van der Waals surface area contributed by atoms with Crippen LogP contribution in [0.15, 0.2) is 78.9 Å². The Morgan fingerprint density at radius 3 is 2.27 bits per heavy atom. The van der Waals surface area contributed by atoms with Crippen LogP contribution in [0.2, 0.25) is 0 Å². The molecule has 132 valence electrons. The molecule has 1 atom stereocenters. The molecule has 0 spiro atoms. The number of aryl methyl sites for hydroxylation is 1. The van der Waals surface area contributed by atoms with E-state index in [0.717, 1.165) is 22.4 Å². The van der Waals surface area contributed by atoms with Gasteiger partial charge in [0.15, 0.2) is 0 Å². The second-order valence-corrected chi connectivity index (χ2v) is 6.91. The van der Waals surface area contributed by atoms with Crippen LogP contribution in [-0.2, 0) is 17.8 Å². The summed E-state index contributed by atoms with van der Waals surface area (Å²) < 4.78 is 0.153. The zero-order chi connectivity index (χ0) is 18.6. The molecule has 0 saturated carbocycles. The van der Waals surface area contributed by atoms with Gasteiger partial charge in [-0.3, -0.25) is 0 Å². The monoisotopic (exact) mass is 346 g/mol. The fraction of sp³-hybridized carbons (Fsp3) is 0.174. The summed E-state index contributed by atoms with van der Waals surface area (Å²) in [7, 11) is 1.95. The average molecular weight is 346 g/mol. The highest BCUT2D eigenvalue weighted by Crippen LogP contribution is 2.28. The van der Waals surface area contributed by atoms with E-state index in [1.165, 1.54) is 0 Å². The lowest BCUT2D eigenvalue weighted by atomic mass is 10.1. The molecule has 0 bridgehead atoms. The van der Waals surface area contributed by atoms with Gasteiger partial charge in [0.05, 0.1) is 13.5 Å². The molecule has 0 radical (unpaired) electrons. The van der Waals surface area contributed by atoms with Gasteiger partial charge in [-0.15, -0.1) is 0 Å². The molecule has 26 heavy (non-hydrogen) atoms. The molecule has 1 N–H and O–H groups in total. The number of quaternary nitrogens is 1. The van der Waals surface area contributed by atoms with E-state index >= 15 is 0 Å². The Morgan fingerprint density at radius 2 is 1.58 bits per heavy atom. The van der Waals surface area contributed by atoms with Crippen molar-refractivity contribution < 1.29 is 9.90 Å². The van der Waals surface area contributed by atoms with Gasteiger partial charge >= 0.3 is 5.91 Å². The number of nitrogens with zero attached hydrogens (tertiary/aromatic N) is 1. The van der Waals surface area contributed by atoms with E-state index in [1.807, 2.05) is 74.6 Å². The number of likely N-dealkylation sites (N-methyl/N-ethyl adjacent to an activating group) is 1. The van der Waals surface area contributed by atoms with Crippen LogP contribution in [0.25, 0.3) is 0 Å². The highest BCUT2D eigenvalue weighted by atomic mass is 16.3. The molecular formula is C23H24NO2+. The highest BCUT2D eigenvalue weighted by molar-refractivity contribution is 5.89. The fourth-order valence-electron chi connectivity index (χ4n) is 3.22. The van der Waals surface area contributed by atoms with Crippen LogP contribution in [0.4, 0.5) is 5.69 Å². The van der Waals surface area contributed by atoms with Gasteiger partial charge in [0.25, 0.3) is 0 Å². The summed E-state index contributed by atoms with van der Waals surface area (Å²) in [5, 5.41) is 9.81.